The first kappa shape index (κ1) is 15.9. The monoisotopic (exact) mass is 305 g/mol. The third-order valence-corrected chi connectivity index (χ3v) is 4.38. The number of nitrogens with one attached hydrogen (secondary N) is 1. The van der Waals surface area contributed by atoms with Crippen LogP contribution in [0.15, 0.2) is 29.2 Å². The predicted octanol–water partition coefficient (Wildman–Crippen LogP) is 1.98. The lowest BCUT2D eigenvalue weighted by Gasteiger charge is -2.16. The molecule has 0 spiro atoms. The summed E-state index contributed by atoms with van der Waals surface area (Å²) in [5, 5.41) is 9.31. The van der Waals surface area contributed by atoms with E-state index in [1.165, 1.54) is 18.2 Å². The van der Waals surface area contributed by atoms with Crippen LogP contribution in [-0.2, 0) is 14.8 Å². The Bertz CT molecular complexity index is 557. The average Bonchev–Trinajstić information content (AvgIpc) is 2.28. The van der Waals surface area contributed by atoms with Crippen molar-refractivity contribution in [2.24, 2.45) is 11.8 Å². The average molecular weight is 306 g/mol. The molecule has 0 saturated heterocycles. The van der Waals surface area contributed by atoms with E-state index in [0.717, 1.165) is 0 Å². The number of aliphatic carboxylic acids is 1. The van der Waals surface area contributed by atoms with Crippen LogP contribution in [0.1, 0.15) is 13.8 Å². The zero-order valence-electron chi connectivity index (χ0n) is 10.6. The quantitative estimate of drug-likeness (QED) is 0.841. The summed E-state index contributed by atoms with van der Waals surface area (Å²) in [5.41, 5.74) is 0. The zero-order valence-corrected chi connectivity index (χ0v) is 12.2. The van der Waals surface area contributed by atoms with Crippen molar-refractivity contribution in [1.82, 2.24) is 4.72 Å². The van der Waals surface area contributed by atoms with Crippen molar-refractivity contribution in [2.45, 2.75) is 18.7 Å². The molecule has 1 aromatic carbocycles. The van der Waals surface area contributed by atoms with Crippen molar-refractivity contribution in [2.75, 3.05) is 6.54 Å². The minimum Gasteiger partial charge on any atom is -0.481 e. The highest BCUT2D eigenvalue weighted by atomic mass is 35.5. The second-order valence-electron chi connectivity index (χ2n) is 4.50. The van der Waals surface area contributed by atoms with Gasteiger partial charge in [0.05, 0.1) is 10.8 Å². The fourth-order valence-corrected chi connectivity index (χ4v) is 2.89. The number of carboxylic acid groups (broad SMARTS) is 1. The maximum Gasteiger partial charge on any atom is 0.308 e. The van der Waals surface area contributed by atoms with Crippen LogP contribution in [0.25, 0.3) is 0 Å². The molecule has 1 aromatic rings. The molecule has 0 heterocycles. The molecule has 5 nitrogen and oxygen atoms in total. The molecule has 0 aliphatic heterocycles. The van der Waals surface area contributed by atoms with Gasteiger partial charge in [-0.2, -0.15) is 0 Å². The van der Waals surface area contributed by atoms with Gasteiger partial charge in [0.25, 0.3) is 0 Å². The van der Waals surface area contributed by atoms with Crippen LogP contribution in [0.3, 0.4) is 0 Å². The summed E-state index contributed by atoms with van der Waals surface area (Å²) in [5.74, 6) is -1.96. The van der Waals surface area contributed by atoms with Crippen molar-refractivity contribution in [3.63, 3.8) is 0 Å². The Morgan fingerprint density at radius 2 is 2.05 bits per heavy atom. The van der Waals surface area contributed by atoms with Crippen molar-refractivity contribution in [3.8, 4) is 0 Å². The number of hydrogen-bond acceptors (Lipinski definition) is 3. The number of benzene rings is 1. The van der Waals surface area contributed by atoms with E-state index >= 15 is 0 Å². The Hall–Kier alpha value is -1.11. The summed E-state index contributed by atoms with van der Waals surface area (Å²) in [7, 11) is -3.74. The Morgan fingerprint density at radius 1 is 1.42 bits per heavy atom. The van der Waals surface area contributed by atoms with E-state index in [4.69, 9.17) is 16.7 Å². The van der Waals surface area contributed by atoms with Gasteiger partial charge in [-0.1, -0.05) is 31.5 Å². The van der Waals surface area contributed by atoms with E-state index in [2.05, 4.69) is 4.72 Å². The first-order chi connectivity index (χ1) is 8.74. The van der Waals surface area contributed by atoms with Crippen LogP contribution in [0, 0.1) is 11.8 Å². The minimum atomic E-state index is -3.74. The van der Waals surface area contributed by atoms with Gasteiger partial charge in [0.2, 0.25) is 10.0 Å². The predicted molar refractivity (Wildman–Crippen MR) is 72.6 cm³/mol. The fourth-order valence-electron chi connectivity index (χ4n) is 1.53. The smallest absolute Gasteiger partial charge is 0.308 e. The highest BCUT2D eigenvalue weighted by Crippen LogP contribution is 2.16. The van der Waals surface area contributed by atoms with Crippen LogP contribution in [0.2, 0.25) is 5.02 Å². The van der Waals surface area contributed by atoms with Crippen molar-refractivity contribution in [3.05, 3.63) is 29.3 Å². The van der Waals surface area contributed by atoms with E-state index in [9.17, 15) is 13.2 Å². The number of carbonyl (C=O) groups is 1. The Morgan fingerprint density at radius 3 is 2.53 bits per heavy atom. The molecule has 19 heavy (non-hydrogen) atoms. The number of halogens is 1. The summed E-state index contributed by atoms with van der Waals surface area (Å²) in [6.45, 7) is 3.31. The van der Waals surface area contributed by atoms with Gasteiger partial charge >= 0.3 is 5.97 Å². The lowest BCUT2D eigenvalue weighted by molar-refractivity contribution is -0.142. The lowest BCUT2D eigenvalue weighted by Crippen LogP contribution is -2.35. The second-order valence-corrected chi connectivity index (χ2v) is 6.70. The van der Waals surface area contributed by atoms with E-state index in [0.29, 0.717) is 5.02 Å². The molecule has 0 bridgehead atoms. The molecule has 0 fully saturated rings. The maximum atomic E-state index is 12.0. The summed E-state index contributed by atoms with van der Waals surface area (Å²) in [6.07, 6.45) is 0. The standard InChI is InChI=1S/C12H16ClNO4S/c1-8(2)11(12(15)16)7-14-19(17,18)10-5-3-4-9(13)6-10/h3-6,8,11,14H,7H2,1-2H3,(H,15,16). The first-order valence-corrected chi connectivity index (χ1v) is 7.58. The van der Waals surface area contributed by atoms with Crippen LogP contribution < -0.4 is 4.72 Å². The SMILES string of the molecule is CC(C)C(CNS(=O)(=O)c1cccc(Cl)c1)C(=O)O. The van der Waals surface area contributed by atoms with Gasteiger partial charge in [-0.3, -0.25) is 4.79 Å². The maximum absolute atomic E-state index is 12.0. The van der Waals surface area contributed by atoms with Gasteiger partial charge in [0.1, 0.15) is 0 Å². The Balaban J connectivity index is 2.84. The van der Waals surface area contributed by atoms with E-state index in [1.807, 2.05) is 0 Å². The molecule has 106 valence electrons. The molecule has 0 saturated carbocycles. The normalized spacial score (nSPS) is 13.5. The van der Waals surface area contributed by atoms with E-state index < -0.39 is 21.9 Å². The highest BCUT2D eigenvalue weighted by Gasteiger charge is 2.24. The molecular weight excluding hydrogens is 290 g/mol. The molecule has 0 aliphatic rings. The summed E-state index contributed by atoms with van der Waals surface area (Å²) < 4.78 is 26.2. The number of carboxylic acids is 1. The van der Waals surface area contributed by atoms with Crippen LogP contribution in [0.5, 0.6) is 0 Å². The third-order valence-electron chi connectivity index (χ3n) is 2.72. The number of rotatable bonds is 6. The van der Waals surface area contributed by atoms with Crippen LogP contribution >= 0.6 is 11.6 Å². The Labute approximate surface area is 117 Å². The molecule has 2 N–H and O–H groups in total. The molecule has 7 heteroatoms. The van der Waals surface area contributed by atoms with Gasteiger partial charge in [-0.05, 0) is 24.1 Å². The van der Waals surface area contributed by atoms with Gasteiger partial charge in [0.15, 0.2) is 0 Å². The van der Waals surface area contributed by atoms with Crippen molar-refractivity contribution >= 4 is 27.6 Å². The molecule has 0 amide bonds. The third kappa shape index (κ3) is 4.49. The molecule has 1 rings (SSSR count). The minimum absolute atomic E-state index is 0.0212. The molecule has 0 radical (unpaired) electrons. The lowest BCUT2D eigenvalue weighted by atomic mass is 9.97. The first-order valence-electron chi connectivity index (χ1n) is 5.72. The topological polar surface area (TPSA) is 83.5 Å². The Kier molecular flexibility index (Phi) is 5.34. The summed E-state index contributed by atoms with van der Waals surface area (Å²) >= 11 is 5.73. The van der Waals surface area contributed by atoms with Crippen LogP contribution in [-0.4, -0.2) is 26.0 Å². The molecule has 0 aromatic heterocycles. The number of sulfonamides is 1. The largest absolute Gasteiger partial charge is 0.481 e. The van der Waals surface area contributed by atoms with Crippen molar-refractivity contribution in [1.29, 1.82) is 0 Å². The summed E-state index contributed by atoms with van der Waals surface area (Å²) in [4.78, 5) is 11.0. The van der Waals surface area contributed by atoms with Gasteiger partial charge in [-0.25, -0.2) is 13.1 Å². The zero-order chi connectivity index (χ0) is 14.6. The van der Waals surface area contributed by atoms with Crippen LogP contribution in [0.4, 0.5) is 0 Å². The van der Waals surface area contributed by atoms with E-state index in [-0.39, 0.29) is 17.4 Å². The highest BCUT2D eigenvalue weighted by molar-refractivity contribution is 7.89. The molecule has 1 atom stereocenters. The van der Waals surface area contributed by atoms with E-state index in [1.54, 1.807) is 19.9 Å². The van der Waals surface area contributed by atoms with Gasteiger partial charge in [0, 0.05) is 11.6 Å². The molecule has 1 unspecified atom stereocenters. The number of hydrogen-bond donors (Lipinski definition) is 2. The van der Waals surface area contributed by atoms with Crippen molar-refractivity contribution < 1.29 is 18.3 Å². The van der Waals surface area contributed by atoms with Gasteiger partial charge < -0.3 is 5.11 Å². The summed E-state index contributed by atoms with van der Waals surface area (Å²) in [6, 6.07) is 5.80. The fraction of sp³-hybridized carbons (Fsp3) is 0.417. The second kappa shape index (κ2) is 6.36. The van der Waals surface area contributed by atoms with Gasteiger partial charge in [-0.15, -0.1) is 0 Å². The molecule has 0 aliphatic carbocycles. The molecular formula is C12H16ClNO4S.